The molecule has 2 aromatic heterocycles. The molecule has 0 atom stereocenters. The van der Waals surface area contributed by atoms with Gasteiger partial charge in [-0.1, -0.05) is 13.8 Å². The number of hydrogen-bond acceptors (Lipinski definition) is 5. The standard InChI is InChI=1S/C13H20N6O2/c1-5-13(6-2,12(20)21)8-19-11(15-16-17-19)10-7-14-18(4)9(10)3/h7H,5-6,8H2,1-4H3,(H,20,21). The average molecular weight is 292 g/mol. The van der Waals surface area contributed by atoms with Crippen LogP contribution < -0.4 is 0 Å². The van der Waals surface area contributed by atoms with Crippen LogP contribution in [0.4, 0.5) is 0 Å². The lowest BCUT2D eigenvalue weighted by Crippen LogP contribution is -2.35. The summed E-state index contributed by atoms with van der Waals surface area (Å²) >= 11 is 0. The Labute approximate surface area is 122 Å². The van der Waals surface area contributed by atoms with Gasteiger partial charge in [-0.2, -0.15) is 5.10 Å². The predicted octanol–water partition coefficient (Wildman–Crippen LogP) is 1.27. The molecule has 114 valence electrons. The second kappa shape index (κ2) is 5.63. The molecule has 0 spiro atoms. The summed E-state index contributed by atoms with van der Waals surface area (Å²) < 4.78 is 3.30. The van der Waals surface area contributed by atoms with Gasteiger partial charge < -0.3 is 5.11 Å². The van der Waals surface area contributed by atoms with E-state index in [1.165, 1.54) is 0 Å². The average Bonchev–Trinajstić information content (AvgIpc) is 3.04. The number of hydrogen-bond donors (Lipinski definition) is 1. The van der Waals surface area contributed by atoms with Crippen LogP contribution >= 0.6 is 0 Å². The second-order valence-electron chi connectivity index (χ2n) is 5.22. The molecule has 1 N–H and O–H groups in total. The third-order valence-electron chi connectivity index (χ3n) is 4.27. The summed E-state index contributed by atoms with van der Waals surface area (Å²) in [6.07, 6.45) is 2.73. The van der Waals surface area contributed by atoms with Gasteiger partial charge in [0.05, 0.1) is 23.7 Å². The Bertz CT molecular complexity index is 641. The molecule has 2 rings (SSSR count). The zero-order chi connectivity index (χ0) is 15.6. The van der Waals surface area contributed by atoms with Gasteiger partial charge in [-0.05, 0) is 30.2 Å². The molecule has 0 radical (unpaired) electrons. The van der Waals surface area contributed by atoms with Gasteiger partial charge in [-0.25, -0.2) is 4.68 Å². The van der Waals surface area contributed by atoms with Crippen molar-refractivity contribution in [2.24, 2.45) is 12.5 Å². The van der Waals surface area contributed by atoms with Crippen molar-refractivity contribution in [3.8, 4) is 11.4 Å². The van der Waals surface area contributed by atoms with Crippen LogP contribution in [0.5, 0.6) is 0 Å². The maximum absolute atomic E-state index is 11.6. The molecule has 8 heteroatoms. The highest BCUT2D eigenvalue weighted by Gasteiger charge is 2.36. The maximum atomic E-state index is 11.6. The first-order valence-electron chi connectivity index (χ1n) is 6.93. The molecule has 0 saturated heterocycles. The zero-order valence-electron chi connectivity index (χ0n) is 12.7. The summed E-state index contributed by atoms with van der Waals surface area (Å²) in [5.74, 6) is -0.273. The lowest BCUT2D eigenvalue weighted by molar-refractivity contribution is -0.150. The molecule has 0 bridgehead atoms. The monoisotopic (exact) mass is 292 g/mol. The Morgan fingerprint density at radius 2 is 2.05 bits per heavy atom. The summed E-state index contributed by atoms with van der Waals surface area (Å²) in [7, 11) is 1.84. The molecule has 0 fully saturated rings. The molecule has 0 aliphatic rings. The van der Waals surface area contributed by atoms with Crippen LogP contribution in [0.3, 0.4) is 0 Å². The van der Waals surface area contributed by atoms with Crippen molar-refractivity contribution >= 4 is 5.97 Å². The van der Waals surface area contributed by atoms with Crippen molar-refractivity contribution < 1.29 is 9.90 Å². The summed E-state index contributed by atoms with van der Waals surface area (Å²) in [5.41, 5.74) is 0.884. The lowest BCUT2D eigenvalue weighted by atomic mass is 9.82. The van der Waals surface area contributed by atoms with E-state index in [1.807, 2.05) is 27.8 Å². The van der Waals surface area contributed by atoms with E-state index >= 15 is 0 Å². The number of rotatable bonds is 6. The van der Waals surface area contributed by atoms with E-state index in [0.717, 1.165) is 11.3 Å². The van der Waals surface area contributed by atoms with Crippen LogP contribution in [0.1, 0.15) is 32.4 Å². The van der Waals surface area contributed by atoms with Crippen molar-refractivity contribution in [1.29, 1.82) is 0 Å². The van der Waals surface area contributed by atoms with Gasteiger partial charge >= 0.3 is 5.97 Å². The molecule has 2 heterocycles. The topological polar surface area (TPSA) is 98.7 Å². The van der Waals surface area contributed by atoms with Crippen LogP contribution in [0.2, 0.25) is 0 Å². The van der Waals surface area contributed by atoms with E-state index < -0.39 is 11.4 Å². The fourth-order valence-electron chi connectivity index (χ4n) is 2.35. The number of carboxylic acid groups (broad SMARTS) is 1. The Balaban J connectivity index is 2.41. The molecular formula is C13H20N6O2. The van der Waals surface area contributed by atoms with Crippen molar-refractivity contribution in [3.05, 3.63) is 11.9 Å². The van der Waals surface area contributed by atoms with Gasteiger partial charge in [0.25, 0.3) is 0 Å². The quantitative estimate of drug-likeness (QED) is 0.861. The van der Waals surface area contributed by atoms with Crippen LogP contribution in [-0.2, 0) is 18.4 Å². The van der Waals surface area contributed by atoms with Gasteiger partial charge in [0.1, 0.15) is 0 Å². The summed E-state index contributed by atoms with van der Waals surface area (Å²) in [4.78, 5) is 11.6. The van der Waals surface area contributed by atoms with Crippen LogP contribution in [0, 0.1) is 12.3 Å². The number of tetrazole rings is 1. The van der Waals surface area contributed by atoms with Crippen molar-refractivity contribution in [3.63, 3.8) is 0 Å². The molecule has 0 unspecified atom stereocenters. The number of carbonyl (C=O) groups is 1. The Morgan fingerprint density at radius 1 is 1.38 bits per heavy atom. The molecule has 0 amide bonds. The largest absolute Gasteiger partial charge is 0.481 e. The van der Waals surface area contributed by atoms with Gasteiger partial charge in [0.15, 0.2) is 5.82 Å². The third kappa shape index (κ3) is 2.53. The van der Waals surface area contributed by atoms with Crippen LogP contribution in [0.15, 0.2) is 6.20 Å². The highest BCUT2D eigenvalue weighted by atomic mass is 16.4. The molecule has 0 saturated carbocycles. The van der Waals surface area contributed by atoms with E-state index in [0.29, 0.717) is 18.7 Å². The SMILES string of the molecule is CCC(CC)(Cn1nnnc1-c1cnn(C)c1C)C(=O)O. The number of aliphatic carboxylic acids is 1. The van der Waals surface area contributed by atoms with E-state index in [-0.39, 0.29) is 6.54 Å². The minimum atomic E-state index is -0.861. The molecule has 8 nitrogen and oxygen atoms in total. The zero-order valence-corrected chi connectivity index (χ0v) is 12.7. The number of carboxylic acids is 1. The number of nitrogens with zero attached hydrogens (tertiary/aromatic N) is 6. The maximum Gasteiger partial charge on any atom is 0.311 e. The molecule has 2 aromatic rings. The Hall–Kier alpha value is -2.25. The number of aryl methyl sites for hydroxylation is 1. The lowest BCUT2D eigenvalue weighted by Gasteiger charge is -2.26. The van der Waals surface area contributed by atoms with Crippen molar-refractivity contribution in [2.45, 2.75) is 40.2 Å². The van der Waals surface area contributed by atoms with Crippen molar-refractivity contribution in [2.75, 3.05) is 0 Å². The first-order chi connectivity index (χ1) is 9.95. The van der Waals surface area contributed by atoms with Crippen LogP contribution in [-0.4, -0.2) is 41.1 Å². The Kier molecular flexibility index (Phi) is 4.06. The van der Waals surface area contributed by atoms with Crippen LogP contribution in [0.25, 0.3) is 11.4 Å². The van der Waals surface area contributed by atoms with Crippen molar-refractivity contribution in [1.82, 2.24) is 30.0 Å². The fraction of sp³-hybridized carbons (Fsp3) is 0.615. The predicted molar refractivity (Wildman–Crippen MR) is 75.4 cm³/mol. The van der Waals surface area contributed by atoms with E-state index in [2.05, 4.69) is 20.6 Å². The highest BCUT2D eigenvalue weighted by Crippen LogP contribution is 2.30. The molecule has 21 heavy (non-hydrogen) atoms. The van der Waals surface area contributed by atoms with E-state index in [1.54, 1.807) is 15.6 Å². The van der Waals surface area contributed by atoms with E-state index in [9.17, 15) is 9.90 Å². The molecule has 0 aromatic carbocycles. The first-order valence-corrected chi connectivity index (χ1v) is 6.93. The smallest absolute Gasteiger partial charge is 0.311 e. The third-order valence-corrected chi connectivity index (χ3v) is 4.27. The van der Waals surface area contributed by atoms with E-state index in [4.69, 9.17) is 0 Å². The molecule has 0 aliphatic heterocycles. The second-order valence-corrected chi connectivity index (χ2v) is 5.22. The minimum Gasteiger partial charge on any atom is -0.481 e. The summed E-state index contributed by atoms with van der Waals surface area (Å²) in [5, 5.41) is 25.4. The van der Waals surface area contributed by atoms with Gasteiger partial charge in [0, 0.05) is 12.7 Å². The van der Waals surface area contributed by atoms with Gasteiger partial charge in [-0.15, -0.1) is 5.10 Å². The summed E-state index contributed by atoms with van der Waals surface area (Å²) in [6.45, 7) is 5.91. The molecule has 0 aliphatic carbocycles. The minimum absolute atomic E-state index is 0.242. The first kappa shape index (κ1) is 15.1. The van der Waals surface area contributed by atoms with Gasteiger partial charge in [0.2, 0.25) is 0 Å². The fourth-order valence-corrected chi connectivity index (χ4v) is 2.35. The summed E-state index contributed by atoms with van der Waals surface area (Å²) in [6, 6.07) is 0. The Morgan fingerprint density at radius 3 is 2.52 bits per heavy atom. The highest BCUT2D eigenvalue weighted by molar-refractivity contribution is 5.74. The normalized spacial score (nSPS) is 11.8. The number of aromatic nitrogens is 6. The van der Waals surface area contributed by atoms with Gasteiger partial charge in [-0.3, -0.25) is 9.48 Å². The molecular weight excluding hydrogens is 272 g/mol.